The van der Waals surface area contributed by atoms with Crippen molar-refractivity contribution < 1.29 is 4.79 Å². The quantitative estimate of drug-likeness (QED) is 0.830. The lowest BCUT2D eigenvalue weighted by Crippen LogP contribution is -2.39. The predicted molar refractivity (Wildman–Crippen MR) is 103 cm³/mol. The van der Waals surface area contributed by atoms with Crippen molar-refractivity contribution in [2.24, 2.45) is 0 Å². The van der Waals surface area contributed by atoms with Crippen LogP contribution in [0.15, 0.2) is 48.5 Å². The van der Waals surface area contributed by atoms with E-state index in [4.69, 9.17) is 4.98 Å². The Labute approximate surface area is 155 Å². The van der Waals surface area contributed by atoms with E-state index in [0.717, 1.165) is 50.3 Å². The van der Waals surface area contributed by atoms with Gasteiger partial charge in [-0.25, -0.2) is 0 Å². The SMILES string of the molecule is O=C(CN1CCCC1)N1CCCC1c1cccc(Cc2ccccc2)n1. The van der Waals surface area contributed by atoms with Crippen molar-refractivity contribution in [3.63, 3.8) is 0 Å². The number of pyridine rings is 1. The van der Waals surface area contributed by atoms with Gasteiger partial charge in [-0.15, -0.1) is 0 Å². The summed E-state index contributed by atoms with van der Waals surface area (Å²) >= 11 is 0. The van der Waals surface area contributed by atoms with Crippen molar-refractivity contribution in [2.45, 2.75) is 38.1 Å². The van der Waals surface area contributed by atoms with Crippen LogP contribution in [0.25, 0.3) is 0 Å². The van der Waals surface area contributed by atoms with Gasteiger partial charge >= 0.3 is 0 Å². The van der Waals surface area contributed by atoms with Crippen LogP contribution in [0.5, 0.6) is 0 Å². The molecular formula is C22H27N3O. The molecule has 0 radical (unpaired) electrons. The lowest BCUT2D eigenvalue weighted by Gasteiger charge is -2.27. The Morgan fingerprint density at radius 3 is 2.58 bits per heavy atom. The molecule has 2 aromatic rings. The molecule has 2 aliphatic heterocycles. The van der Waals surface area contributed by atoms with E-state index in [1.54, 1.807) is 0 Å². The van der Waals surface area contributed by atoms with Crippen LogP contribution in [0, 0.1) is 0 Å². The van der Waals surface area contributed by atoms with Crippen LogP contribution in [0.1, 0.15) is 48.7 Å². The molecule has 0 N–H and O–H groups in total. The summed E-state index contributed by atoms with van der Waals surface area (Å²) in [6.07, 6.45) is 5.37. The smallest absolute Gasteiger partial charge is 0.237 e. The molecule has 136 valence electrons. The molecule has 0 bridgehead atoms. The fourth-order valence-electron chi connectivity index (χ4n) is 4.18. The number of carbonyl (C=O) groups is 1. The topological polar surface area (TPSA) is 36.4 Å². The van der Waals surface area contributed by atoms with Crippen molar-refractivity contribution in [1.29, 1.82) is 0 Å². The van der Waals surface area contributed by atoms with E-state index < -0.39 is 0 Å². The zero-order chi connectivity index (χ0) is 17.8. The summed E-state index contributed by atoms with van der Waals surface area (Å²) in [5.41, 5.74) is 3.39. The Kier molecular flexibility index (Phi) is 5.30. The van der Waals surface area contributed by atoms with E-state index in [-0.39, 0.29) is 11.9 Å². The Morgan fingerprint density at radius 1 is 0.962 bits per heavy atom. The molecule has 3 heterocycles. The van der Waals surface area contributed by atoms with Crippen molar-refractivity contribution >= 4 is 5.91 Å². The number of hydrogen-bond acceptors (Lipinski definition) is 3. The summed E-state index contributed by atoms with van der Waals surface area (Å²) in [6.45, 7) is 3.56. The highest BCUT2D eigenvalue weighted by Gasteiger charge is 2.32. The van der Waals surface area contributed by atoms with Gasteiger partial charge in [0.05, 0.1) is 18.3 Å². The molecule has 2 saturated heterocycles. The van der Waals surface area contributed by atoms with Gasteiger partial charge < -0.3 is 4.90 Å². The van der Waals surface area contributed by atoms with Gasteiger partial charge in [-0.2, -0.15) is 0 Å². The van der Waals surface area contributed by atoms with Crippen molar-refractivity contribution in [1.82, 2.24) is 14.8 Å². The van der Waals surface area contributed by atoms with Crippen LogP contribution in [0.4, 0.5) is 0 Å². The first-order chi connectivity index (χ1) is 12.8. The molecular weight excluding hydrogens is 322 g/mol. The zero-order valence-electron chi connectivity index (χ0n) is 15.3. The van der Waals surface area contributed by atoms with Crippen molar-refractivity contribution in [3.8, 4) is 0 Å². The summed E-state index contributed by atoms with van der Waals surface area (Å²) < 4.78 is 0. The molecule has 4 heteroatoms. The maximum absolute atomic E-state index is 12.8. The molecule has 0 spiro atoms. The third-order valence-electron chi connectivity index (χ3n) is 5.53. The Morgan fingerprint density at radius 2 is 1.77 bits per heavy atom. The van der Waals surface area contributed by atoms with E-state index in [0.29, 0.717) is 6.54 Å². The van der Waals surface area contributed by atoms with Gasteiger partial charge in [0.15, 0.2) is 0 Å². The maximum Gasteiger partial charge on any atom is 0.237 e. The summed E-state index contributed by atoms with van der Waals surface area (Å²) in [6, 6.07) is 16.8. The van der Waals surface area contributed by atoms with Gasteiger partial charge in [0.25, 0.3) is 0 Å². The monoisotopic (exact) mass is 349 g/mol. The number of carbonyl (C=O) groups excluding carboxylic acids is 1. The fraction of sp³-hybridized carbons (Fsp3) is 0.455. The Balaban J connectivity index is 1.47. The Hall–Kier alpha value is -2.20. The fourth-order valence-corrected chi connectivity index (χ4v) is 4.18. The highest BCUT2D eigenvalue weighted by molar-refractivity contribution is 5.79. The molecule has 1 aromatic heterocycles. The molecule has 2 aliphatic rings. The minimum atomic E-state index is 0.140. The number of hydrogen-bond donors (Lipinski definition) is 0. The van der Waals surface area contributed by atoms with Crippen LogP contribution in [-0.4, -0.2) is 46.9 Å². The second kappa shape index (κ2) is 8.00. The van der Waals surface area contributed by atoms with E-state index in [1.807, 2.05) is 6.07 Å². The zero-order valence-corrected chi connectivity index (χ0v) is 15.3. The number of benzene rings is 1. The van der Waals surface area contributed by atoms with Gasteiger partial charge in [0.1, 0.15) is 0 Å². The van der Waals surface area contributed by atoms with Crippen LogP contribution in [-0.2, 0) is 11.2 Å². The van der Waals surface area contributed by atoms with Gasteiger partial charge in [-0.05, 0) is 56.5 Å². The molecule has 0 saturated carbocycles. The van der Waals surface area contributed by atoms with Gasteiger partial charge in [-0.1, -0.05) is 36.4 Å². The first-order valence-corrected chi connectivity index (χ1v) is 9.81. The minimum absolute atomic E-state index is 0.140. The standard InChI is InChI=1S/C22H27N3O/c26-22(17-24-13-4-5-14-24)25-15-7-12-21(25)20-11-6-10-19(23-20)16-18-8-2-1-3-9-18/h1-3,6,8-11,21H,4-5,7,12-17H2. The minimum Gasteiger partial charge on any atom is -0.333 e. The molecule has 1 amide bonds. The maximum atomic E-state index is 12.8. The molecule has 4 nitrogen and oxygen atoms in total. The highest BCUT2D eigenvalue weighted by atomic mass is 16.2. The lowest BCUT2D eigenvalue weighted by molar-refractivity contribution is -0.133. The number of nitrogens with zero attached hydrogens (tertiary/aromatic N) is 3. The molecule has 1 unspecified atom stereocenters. The largest absolute Gasteiger partial charge is 0.333 e. The predicted octanol–water partition coefficient (Wildman–Crippen LogP) is 3.43. The molecule has 26 heavy (non-hydrogen) atoms. The number of amides is 1. The van der Waals surface area contributed by atoms with Crippen molar-refractivity contribution in [2.75, 3.05) is 26.2 Å². The van der Waals surface area contributed by atoms with E-state index in [1.165, 1.54) is 18.4 Å². The first kappa shape index (κ1) is 17.2. The third-order valence-corrected chi connectivity index (χ3v) is 5.53. The molecule has 2 fully saturated rings. The molecule has 4 rings (SSSR count). The average molecular weight is 349 g/mol. The third kappa shape index (κ3) is 3.96. The number of rotatable bonds is 5. The summed E-state index contributed by atoms with van der Waals surface area (Å²) in [5.74, 6) is 0.268. The number of aromatic nitrogens is 1. The number of likely N-dealkylation sites (tertiary alicyclic amines) is 2. The second-order valence-electron chi connectivity index (χ2n) is 7.44. The average Bonchev–Trinajstić information content (AvgIpc) is 3.34. The van der Waals surface area contributed by atoms with Gasteiger partial charge in [0.2, 0.25) is 5.91 Å². The van der Waals surface area contributed by atoms with E-state index in [9.17, 15) is 4.79 Å². The van der Waals surface area contributed by atoms with E-state index >= 15 is 0 Å². The second-order valence-corrected chi connectivity index (χ2v) is 7.44. The molecule has 1 atom stereocenters. The van der Waals surface area contributed by atoms with Crippen molar-refractivity contribution in [3.05, 3.63) is 65.5 Å². The summed E-state index contributed by atoms with van der Waals surface area (Å²) in [4.78, 5) is 22.1. The van der Waals surface area contributed by atoms with Crippen LogP contribution >= 0.6 is 0 Å². The van der Waals surface area contributed by atoms with Crippen LogP contribution < -0.4 is 0 Å². The Bertz CT molecular complexity index is 740. The normalized spacial score (nSPS) is 20.6. The van der Waals surface area contributed by atoms with Gasteiger partial charge in [-0.3, -0.25) is 14.7 Å². The molecule has 1 aromatic carbocycles. The van der Waals surface area contributed by atoms with Crippen LogP contribution in [0.3, 0.4) is 0 Å². The van der Waals surface area contributed by atoms with E-state index in [2.05, 4.69) is 52.3 Å². The highest BCUT2D eigenvalue weighted by Crippen LogP contribution is 2.31. The summed E-state index contributed by atoms with van der Waals surface area (Å²) in [5, 5.41) is 0. The first-order valence-electron chi connectivity index (χ1n) is 9.81. The lowest BCUT2D eigenvalue weighted by atomic mass is 10.1. The summed E-state index contributed by atoms with van der Waals surface area (Å²) in [7, 11) is 0. The van der Waals surface area contributed by atoms with Crippen LogP contribution in [0.2, 0.25) is 0 Å². The van der Waals surface area contributed by atoms with Gasteiger partial charge in [0, 0.05) is 18.7 Å². The molecule has 0 aliphatic carbocycles.